The minimum Gasteiger partial charge on any atom is -0.454 e. The van der Waals surface area contributed by atoms with Crippen LogP contribution in [0.5, 0.6) is 11.5 Å². The fourth-order valence-corrected chi connectivity index (χ4v) is 3.53. The number of hydrogen-bond donors (Lipinski definition) is 0. The summed E-state index contributed by atoms with van der Waals surface area (Å²) >= 11 is 0. The lowest BCUT2D eigenvalue weighted by Gasteiger charge is -2.35. The van der Waals surface area contributed by atoms with E-state index in [0.29, 0.717) is 17.1 Å². The second kappa shape index (κ2) is 7.00. The number of carbonyl (C=O) groups excluding carboxylic acids is 1. The fraction of sp³-hybridized carbons (Fsp3) is 0.381. The van der Waals surface area contributed by atoms with E-state index in [4.69, 9.17) is 9.47 Å². The van der Waals surface area contributed by atoms with Gasteiger partial charge in [0.25, 0.3) is 5.91 Å². The lowest BCUT2D eigenvalue weighted by atomic mass is 10.0. The number of carbonyl (C=O) groups is 1. The van der Waals surface area contributed by atoms with Gasteiger partial charge >= 0.3 is 0 Å². The molecule has 0 radical (unpaired) electrons. The second-order valence-corrected chi connectivity index (χ2v) is 7.07. The Bertz CT molecular complexity index is 826. The van der Waals surface area contributed by atoms with Crippen molar-refractivity contribution in [2.75, 3.05) is 33.0 Å². The molecule has 26 heavy (non-hydrogen) atoms. The number of aryl methyl sites for hydroxylation is 2. The van der Waals surface area contributed by atoms with E-state index in [1.165, 1.54) is 16.7 Å². The molecule has 0 bridgehead atoms. The summed E-state index contributed by atoms with van der Waals surface area (Å²) < 4.78 is 10.7. The van der Waals surface area contributed by atoms with E-state index < -0.39 is 0 Å². The van der Waals surface area contributed by atoms with Gasteiger partial charge in [0.2, 0.25) is 6.79 Å². The van der Waals surface area contributed by atoms with Crippen LogP contribution in [0.1, 0.15) is 27.0 Å². The molecule has 0 spiro atoms. The van der Waals surface area contributed by atoms with Gasteiger partial charge in [0.05, 0.1) is 0 Å². The zero-order valence-electron chi connectivity index (χ0n) is 15.3. The van der Waals surface area contributed by atoms with E-state index in [1.54, 1.807) is 6.07 Å². The third-order valence-electron chi connectivity index (χ3n) is 5.18. The maximum absolute atomic E-state index is 12.8. The second-order valence-electron chi connectivity index (χ2n) is 7.07. The Morgan fingerprint density at radius 2 is 1.73 bits per heavy atom. The Morgan fingerprint density at radius 1 is 0.962 bits per heavy atom. The zero-order chi connectivity index (χ0) is 18.1. The van der Waals surface area contributed by atoms with Crippen molar-refractivity contribution in [1.29, 1.82) is 0 Å². The lowest BCUT2D eigenvalue weighted by Crippen LogP contribution is -2.48. The highest BCUT2D eigenvalue weighted by Gasteiger charge is 2.24. The van der Waals surface area contributed by atoms with Crippen molar-refractivity contribution in [2.24, 2.45) is 0 Å². The molecule has 0 aliphatic carbocycles. The molecule has 0 saturated carbocycles. The maximum atomic E-state index is 12.8. The molecule has 0 atom stereocenters. The van der Waals surface area contributed by atoms with Crippen molar-refractivity contribution in [3.8, 4) is 11.5 Å². The first kappa shape index (κ1) is 16.9. The molecule has 2 heterocycles. The number of nitrogens with zero attached hydrogens (tertiary/aromatic N) is 2. The fourth-order valence-electron chi connectivity index (χ4n) is 3.53. The molecule has 1 saturated heterocycles. The van der Waals surface area contributed by atoms with E-state index in [0.717, 1.165) is 32.7 Å². The van der Waals surface area contributed by atoms with Gasteiger partial charge in [0.15, 0.2) is 11.5 Å². The quantitative estimate of drug-likeness (QED) is 0.852. The molecule has 1 fully saturated rings. The van der Waals surface area contributed by atoms with E-state index in [2.05, 4.69) is 36.9 Å². The summed E-state index contributed by atoms with van der Waals surface area (Å²) in [5.41, 5.74) is 4.66. The molecule has 5 nitrogen and oxygen atoms in total. The molecule has 2 aliphatic heterocycles. The summed E-state index contributed by atoms with van der Waals surface area (Å²) in [5.74, 6) is 1.43. The maximum Gasteiger partial charge on any atom is 0.254 e. The number of piperazine rings is 1. The van der Waals surface area contributed by atoms with Gasteiger partial charge in [-0.05, 0) is 43.2 Å². The van der Waals surface area contributed by atoms with Crippen LogP contribution < -0.4 is 9.47 Å². The highest BCUT2D eigenvalue weighted by Crippen LogP contribution is 2.32. The largest absolute Gasteiger partial charge is 0.454 e. The van der Waals surface area contributed by atoms with Crippen LogP contribution in [0.2, 0.25) is 0 Å². The zero-order valence-corrected chi connectivity index (χ0v) is 15.3. The SMILES string of the molecule is Cc1ccc(C)c(CN2CCN(C(=O)c3ccc4c(c3)OCO4)CC2)c1. The highest BCUT2D eigenvalue weighted by atomic mass is 16.7. The predicted molar refractivity (Wildman–Crippen MR) is 99.7 cm³/mol. The molecular formula is C21H24N2O3. The van der Waals surface area contributed by atoms with Gasteiger partial charge in [-0.25, -0.2) is 0 Å². The number of ether oxygens (including phenoxy) is 2. The van der Waals surface area contributed by atoms with Gasteiger partial charge in [0.1, 0.15) is 0 Å². The molecule has 4 rings (SSSR count). The molecule has 0 unspecified atom stereocenters. The number of benzene rings is 2. The Morgan fingerprint density at radius 3 is 2.54 bits per heavy atom. The molecular weight excluding hydrogens is 328 g/mol. The van der Waals surface area contributed by atoms with Crippen molar-refractivity contribution in [3.63, 3.8) is 0 Å². The average molecular weight is 352 g/mol. The minimum absolute atomic E-state index is 0.0645. The lowest BCUT2D eigenvalue weighted by molar-refractivity contribution is 0.0628. The normalized spacial score (nSPS) is 16.8. The summed E-state index contributed by atoms with van der Waals surface area (Å²) in [5, 5.41) is 0. The summed E-state index contributed by atoms with van der Waals surface area (Å²) in [6.07, 6.45) is 0. The van der Waals surface area contributed by atoms with Crippen LogP contribution >= 0.6 is 0 Å². The number of amides is 1. The van der Waals surface area contributed by atoms with Crippen LogP contribution in [0.4, 0.5) is 0 Å². The van der Waals surface area contributed by atoms with Gasteiger partial charge in [-0.1, -0.05) is 23.8 Å². The number of rotatable bonds is 3. The topological polar surface area (TPSA) is 42.0 Å². The molecule has 2 aromatic carbocycles. The van der Waals surface area contributed by atoms with Crippen molar-refractivity contribution in [3.05, 3.63) is 58.7 Å². The molecule has 0 N–H and O–H groups in total. The first-order valence-corrected chi connectivity index (χ1v) is 9.07. The third-order valence-corrected chi connectivity index (χ3v) is 5.18. The molecule has 136 valence electrons. The molecule has 2 aromatic rings. The van der Waals surface area contributed by atoms with Crippen molar-refractivity contribution < 1.29 is 14.3 Å². The smallest absolute Gasteiger partial charge is 0.254 e. The Balaban J connectivity index is 1.37. The summed E-state index contributed by atoms with van der Waals surface area (Å²) in [6.45, 7) is 8.74. The average Bonchev–Trinajstić information content (AvgIpc) is 3.12. The first-order chi connectivity index (χ1) is 12.6. The first-order valence-electron chi connectivity index (χ1n) is 9.07. The molecule has 5 heteroatoms. The monoisotopic (exact) mass is 352 g/mol. The van der Waals surface area contributed by atoms with Crippen LogP contribution in [0.3, 0.4) is 0 Å². The summed E-state index contributed by atoms with van der Waals surface area (Å²) in [4.78, 5) is 17.1. The van der Waals surface area contributed by atoms with Crippen molar-refractivity contribution in [1.82, 2.24) is 9.80 Å². The third kappa shape index (κ3) is 3.40. The van der Waals surface area contributed by atoms with Crippen LogP contribution in [0.15, 0.2) is 36.4 Å². The standard InChI is InChI=1S/C21H24N2O3/c1-15-3-4-16(2)18(11-15)13-22-7-9-23(10-8-22)21(24)17-5-6-19-20(12-17)26-14-25-19/h3-6,11-12H,7-10,13-14H2,1-2H3. The van der Waals surface area contributed by atoms with Gasteiger partial charge in [-0.2, -0.15) is 0 Å². The Labute approximate surface area is 154 Å². The van der Waals surface area contributed by atoms with Crippen molar-refractivity contribution >= 4 is 5.91 Å². The van der Waals surface area contributed by atoms with Crippen LogP contribution in [0.25, 0.3) is 0 Å². The van der Waals surface area contributed by atoms with Crippen LogP contribution in [-0.4, -0.2) is 48.7 Å². The molecule has 1 amide bonds. The van der Waals surface area contributed by atoms with E-state index in [-0.39, 0.29) is 12.7 Å². The van der Waals surface area contributed by atoms with Gasteiger partial charge in [-0.15, -0.1) is 0 Å². The Kier molecular flexibility index (Phi) is 4.55. The van der Waals surface area contributed by atoms with E-state index >= 15 is 0 Å². The number of hydrogen-bond acceptors (Lipinski definition) is 4. The van der Waals surface area contributed by atoms with Gasteiger partial charge in [0, 0.05) is 38.3 Å². The van der Waals surface area contributed by atoms with E-state index in [9.17, 15) is 4.79 Å². The molecule has 2 aliphatic rings. The van der Waals surface area contributed by atoms with Crippen molar-refractivity contribution in [2.45, 2.75) is 20.4 Å². The molecule has 0 aromatic heterocycles. The van der Waals surface area contributed by atoms with E-state index in [1.807, 2.05) is 17.0 Å². The summed E-state index contributed by atoms with van der Waals surface area (Å²) in [7, 11) is 0. The van der Waals surface area contributed by atoms with Gasteiger partial charge in [-0.3, -0.25) is 9.69 Å². The predicted octanol–water partition coefficient (Wildman–Crippen LogP) is 2.99. The van der Waals surface area contributed by atoms with Crippen LogP contribution in [0, 0.1) is 13.8 Å². The highest BCUT2D eigenvalue weighted by molar-refractivity contribution is 5.95. The summed E-state index contributed by atoms with van der Waals surface area (Å²) in [6, 6.07) is 12.0. The minimum atomic E-state index is 0.0645. The Hall–Kier alpha value is -2.53. The van der Waals surface area contributed by atoms with Gasteiger partial charge < -0.3 is 14.4 Å². The number of fused-ring (bicyclic) bond motifs is 1. The van der Waals surface area contributed by atoms with Crippen LogP contribution in [-0.2, 0) is 6.54 Å².